The lowest BCUT2D eigenvalue weighted by Gasteiger charge is -2.50. The number of piperazine rings is 1. The second kappa shape index (κ2) is 4.53. The lowest BCUT2D eigenvalue weighted by molar-refractivity contribution is -0.162. The number of carbonyl (C=O) groups excluding carboxylic acids is 2. The van der Waals surface area contributed by atoms with E-state index < -0.39 is 5.54 Å². The van der Waals surface area contributed by atoms with Crippen molar-refractivity contribution in [3.05, 3.63) is 0 Å². The molecule has 0 bridgehead atoms. The number of ether oxygens (including phenoxy) is 1. The summed E-state index contributed by atoms with van der Waals surface area (Å²) in [5.74, 6) is -0.0172. The highest BCUT2D eigenvalue weighted by Crippen LogP contribution is 2.33. The van der Waals surface area contributed by atoms with Gasteiger partial charge in [-0.2, -0.15) is 0 Å². The minimum Gasteiger partial charge on any atom is -0.381 e. The summed E-state index contributed by atoms with van der Waals surface area (Å²) in [6, 6.07) is -0.175. The summed E-state index contributed by atoms with van der Waals surface area (Å²) < 4.78 is 5.25. The van der Waals surface area contributed by atoms with Gasteiger partial charge in [0.15, 0.2) is 0 Å². The summed E-state index contributed by atoms with van der Waals surface area (Å²) in [7, 11) is 1.69. The average Bonchev–Trinajstić information content (AvgIpc) is 2.23. The third-order valence-electron chi connectivity index (χ3n) is 4.03. The Morgan fingerprint density at radius 2 is 2.00 bits per heavy atom. The summed E-state index contributed by atoms with van der Waals surface area (Å²) >= 11 is 0. The monoisotopic (exact) mass is 254 g/mol. The third-order valence-corrected chi connectivity index (χ3v) is 4.03. The Bertz CT molecular complexity index is 361. The molecule has 2 amide bonds. The zero-order valence-corrected chi connectivity index (χ0v) is 11.5. The van der Waals surface area contributed by atoms with Crippen molar-refractivity contribution in [3.63, 3.8) is 0 Å². The SMILES string of the molecule is CCC1C(=O)NC(C)(C)C(=O)N1C1CC(OC)C1. The Labute approximate surface area is 108 Å². The maximum absolute atomic E-state index is 12.5. The lowest BCUT2D eigenvalue weighted by atomic mass is 9.83. The smallest absolute Gasteiger partial charge is 0.248 e. The third kappa shape index (κ3) is 2.00. The van der Waals surface area contributed by atoms with E-state index in [2.05, 4.69) is 5.32 Å². The second-order valence-corrected chi connectivity index (χ2v) is 5.73. The van der Waals surface area contributed by atoms with Crippen LogP contribution in [0.2, 0.25) is 0 Å². The van der Waals surface area contributed by atoms with Crippen LogP contribution in [0.1, 0.15) is 40.0 Å². The summed E-state index contributed by atoms with van der Waals surface area (Å²) in [4.78, 5) is 26.3. The Kier molecular flexibility index (Phi) is 3.36. The van der Waals surface area contributed by atoms with E-state index in [0.717, 1.165) is 12.8 Å². The van der Waals surface area contributed by atoms with Gasteiger partial charge in [0.2, 0.25) is 11.8 Å². The maximum Gasteiger partial charge on any atom is 0.248 e. The largest absolute Gasteiger partial charge is 0.381 e. The number of carbonyl (C=O) groups is 2. The average molecular weight is 254 g/mol. The fourth-order valence-electron chi connectivity index (χ4n) is 2.80. The minimum absolute atomic E-state index is 0.0218. The number of nitrogens with zero attached hydrogens (tertiary/aromatic N) is 1. The van der Waals surface area contributed by atoms with Crippen molar-refractivity contribution >= 4 is 11.8 Å². The Balaban J connectivity index is 2.18. The number of amides is 2. The molecule has 0 aromatic carbocycles. The molecule has 102 valence electrons. The molecule has 0 aromatic rings. The lowest BCUT2D eigenvalue weighted by Crippen LogP contribution is -2.71. The van der Waals surface area contributed by atoms with Gasteiger partial charge in [0.1, 0.15) is 11.6 Å². The highest BCUT2D eigenvalue weighted by Gasteiger charge is 2.49. The van der Waals surface area contributed by atoms with Crippen LogP contribution in [0, 0.1) is 0 Å². The number of rotatable bonds is 3. The first kappa shape index (κ1) is 13.3. The highest BCUT2D eigenvalue weighted by molar-refractivity contribution is 5.99. The van der Waals surface area contributed by atoms with Gasteiger partial charge in [0, 0.05) is 13.2 Å². The summed E-state index contributed by atoms with van der Waals surface area (Å²) in [5, 5.41) is 2.80. The first-order valence-electron chi connectivity index (χ1n) is 6.58. The Morgan fingerprint density at radius 1 is 1.39 bits per heavy atom. The van der Waals surface area contributed by atoms with E-state index in [0.29, 0.717) is 6.42 Å². The highest BCUT2D eigenvalue weighted by atomic mass is 16.5. The molecule has 2 fully saturated rings. The van der Waals surface area contributed by atoms with Crippen LogP contribution in [-0.2, 0) is 14.3 Å². The summed E-state index contributed by atoms with van der Waals surface area (Å²) in [6.07, 6.45) is 2.56. The molecule has 1 unspecified atom stereocenters. The van der Waals surface area contributed by atoms with Crippen molar-refractivity contribution in [1.82, 2.24) is 10.2 Å². The van der Waals surface area contributed by atoms with Gasteiger partial charge in [-0.3, -0.25) is 9.59 Å². The molecule has 1 N–H and O–H groups in total. The van der Waals surface area contributed by atoms with E-state index in [1.54, 1.807) is 25.9 Å². The van der Waals surface area contributed by atoms with Crippen LogP contribution in [0.25, 0.3) is 0 Å². The standard InChI is InChI=1S/C13H22N2O3/c1-5-10-11(16)14-13(2,3)12(17)15(10)8-6-9(7-8)18-4/h8-10H,5-7H2,1-4H3,(H,14,16). The van der Waals surface area contributed by atoms with E-state index in [1.165, 1.54) is 0 Å². The van der Waals surface area contributed by atoms with Crippen molar-refractivity contribution in [2.75, 3.05) is 7.11 Å². The fourth-order valence-corrected chi connectivity index (χ4v) is 2.80. The predicted octanol–water partition coefficient (Wildman–Crippen LogP) is 0.679. The van der Waals surface area contributed by atoms with E-state index in [4.69, 9.17) is 4.74 Å². The summed E-state index contributed by atoms with van der Waals surface area (Å²) in [6.45, 7) is 5.46. The van der Waals surface area contributed by atoms with Crippen LogP contribution in [0.5, 0.6) is 0 Å². The van der Waals surface area contributed by atoms with Gasteiger partial charge in [-0.25, -0.2) is 0 Å². The number of methoxy groups -OCH3 is 1. The molecule has 1 heterocycles. The molecule has 2 aliphatic rings. The van der Waals surface area contributed by atoms with E-state index in [-0.39, 0.29) is 30.0 Å². The quantitative estimate of drug-likeness (QED) is 0.805. The zero-order chi connectivity index (χ0) is 13.5. The number of nitrogens with one attached hydrogen (secondary N) is 1. The molecule has 0 spiro atoms. The maximum atomic E-state index is 12.5. The molecule has 1 saturated carbocycles. The topological polar surface area (TPSA) is 58.6 Å². The van der Waals surface area contributed by atoms with Crippen LogP contribution in [0.15, 0.2) is 0 Å². The molecular formula is C13H22N2O3. The predicted molar refractivity (Wildman–Crippen MR) is 67.0 cm³/mol. The van der Waals surface area contributed by atoms with Crippen LogP contribution < -0.4 is 5.32 Å². The fraction of sp³-hybridized carbons (Fsp3) is 0.846. The van der Waals surface area contributed by atoms with E-state index in [9.17, 15) is 9.59 Å². The summed E-state index contributed by atoms with van der Waals surface area (Å²) in [5.41, 5.74) is -0.791. The van der Waals surface area contributed by atoms with Crippen LogP contribution in [0.4, 0.5) is 0 Å². The molecule has 1 aliphatic heterocycles. The number of hydrogen-bond donors (Lipinski definition) is 1. The van der Waals surface area contributed by atoms with Gasteiger partial charge < -0.3 is 15.0 Å². The van der Waals surface area contributed by atoms with Gasteiger partial charge >= 0.3 is 0 Å². The number of hydrogen-bond acceptors (Lipinski definition) is 3. The van der Waals surface area contributed by atoms with Gasteiger partial charge in [-0.05, 0) is 33.1 Å². The molecule has 5 nitrogen and oxygen atoms in total. The van der Waals surface area contributed by atoms with Crippen molar-refractivity contribution < 1.29 is 14.3 Å². The molecular weight excluding hydrogens is 232 g/mol. The minimum atomic E-state index is -0.791. The molecule has 0 radical (unpaired) electrons. The van der Waals surface area contributed by atoms with Crippen LogP contribution >= 0.6 is 0 Å². The molecule has 18 heavy (non-hydrogen) atoms. The zero-order valence-electron chi connectivity index (χ0n) is 11.5. The second-order valence-electron chi connectivity index (χ2n) is 5.73. The van der Waals surface area contributed by atoms with E-state index >= 15 is 0 Å². The van der Waals surface area contributed by atoms with Crippen molar-refractivity contribution in [2.24, 2.45) is 0 Å². The van der Waals surface area contributed by atoms with Crippen LogP contribution in [0.3, 0.4) is 0 Å². The van der Waals surface area contributed by atoms with Crippen LogP contribution in [-0.4, -0.2) is 47.6 Å². The Hall–Kier alpha value is -1.10. The van der Waals surface area contributed by atoms with Gasteiger partial charge in [-0.1, -0.05) is 6.92 Å². The normalized spacial score (nSPS) is 35.1. The molecule has 0 aromatic heterocycles. The first-order chi connectivity index (χ1) is 8.40. The Morgan fingerprint density at radius 3 is 2.50 bits per heavy atom. The van der Waals surface area contributed by atoms with Gasteiger partial charge in [0.25, 0.3) is 0 Å². The van der Waals surface area contributed by atoms with Crippen molar-refractivity contribution in [1.29, 1.82) is 0 Å². The van der Waals surface area contributed by atoms with Gasteiger partial charge in [-0.15, -0.1) is 0 Å². The molecule has 1 saturated heterocycles. The molecule has 5 heteroatoms. The van der Waals surface area contributed by atoms with E-state index in [1.807, 2.05) is 6.92 Å². The molecule has 1 atom stereocenters. The van der Waals surface area contributed by atoms with Gasteiger partial charge in [0.05, 0.1) is 6.10 Å². The first-order valence-corrected chi connectivity index (χ1v) is 6.58. The molecule has 2 rings (SSSR count). The van der Waals surface area contributed by atoms with Crippen molar-refractivity contribution in [3.8, 4) is 0 Å². The van der Waals surface area contributed by atoms with Crippen molar-refractivity contribution in [2.45, 2.75) is 63.8 Å². The molecule has 1 aliphatic carbocycles.